The third-order valence-electron chi connectivity index (χ3n) is 3.14. The molecule has 1 rings (SSSR count). The topological polar surface area (TPSA) is 17.1 Å². The zero-order valence-corrected chi connectivity index (χ0v) is 14.0. The molecule has 0 aromatic rings. The number of hydrogen-bond acceptors (Lipinski definition) is 1. The van der Waals surface area contributed by atoms with Crippen molar-refractivity contribution in [3.05, 3.63) is 47.1 Å². The SMILES string of the molecule is C=C(CCC=C1C=C(C)C(=O)C(C)=C1)C[Si](C)(C)C. The molecule has 104 valence electrons. The number of carbonyl (C=O) groups is 1. The molecule has 0 heterocycles. The summed E-state index contributed by atoms with van der Waals surface area (Å²) in [4.78, 5) is 11.6. The van der Waals surface area contributed by atoms with E-state index in [1.807, 2.05) is 26.0 Å². The molecule has 2 heteroatoms. The first kappa shape index (κ1) is 15.9. The van der Waals surface area contributed by atoms with E-state index in [1.54, 1.807) is 0 Å². The van der Waals surface area contributed by atoms with Crippen LogP contribution in [0.5, 0.6) is 0 Å². The second kappa shape index (κ2) is 6.33. The van der Waals surface area contributed by atoms with E-state index in [1.165, 1.54) is 11.6 Å². The van der Waals surface area contributed by atoms with Crippen molar-refractivity contribution in [3.8, 4) is 0 Å². The minimum absolute atomic E-state index is 0.167. The van der Waals surface area contributed by atoms with Crippen LogP contribution in [0.15, 0.2) is 47.1 Å². The minimum Gasteiger partial charge on any atom is -0.289 e. The maximum absolute atomic E-state index is 11.6. The van der Waals surface area contributed by atoms with Crippen molar-refractivity contribution in [3.63, 3.8) is 0 Å². The number of allylic oxidation sites excluding steroid dienone is 7. The lowest BCUT2D eigenvalue weighted by molar-refractivity contribution is -0.112. The number of Topliss-reactive ketones (excluding diaryl/α,β-unsaturated/α-hetero) is 1. The largest absolute Gasteiger partial charge is 0.289 e. The lowest BCUT2D eigenvalue weighted by atomic mass is 9.95. The summed E-state index contributed by atoms with van der Waals surface area (Å²) in [5, 5.41) is 0. The molecule has 0 amide bonds. The Morgan fingerprint density at radius 2 is 1.74 bits per heavy atom. The van der Waals surface area contributed by atoms with Gasteiger partial charge in [-0.2, -0.15) is 0 Å². The fourth-order valence-electron chi connectivity index (χ4n) is 2.38. The van der Waals surface area contributed by atoms with E-state index in [-0.39, 0.29) is 5.78 Å². The van der Waals surface area contributed by atoms with Gasteiger partial charge in [-0.25, -0.2) is 0 Å². The first-order valence-electron chi connectivity index (χ1n) is 6.97. The zero-order valence-electron chi connectivity index (χ0n) is 13.0. The van der Waals surface area contributed by atoms with Gasteiger partial charge in [0.15, 0.2) is 5.78 Å². The number of ketones is 1. The number of rotatable bonds is 5. The van der Waals surface area contributed by atoms with Crippen LogP contribution < -0.4 is 0 Å². The van der Waals surface area contributed by atoms with Gasteiger partial charge in [-0.05, 0) is 61.6 Å². The molecule has 0 bridgehead atoms. The summed E-state index contributed by atoms with van der Waals surface area (Å²) >= 11 is 0. The van der Waals surface area contributed by atoms with Crippen LogP contribution in [0.2, 0.25) is 25.7 Å². The van der Waals surface area contributed by atoms with Gasteiger partial charge in [0.2, 0.25) is 0 Å². The smallest absolute Gasteiger partial charge is 0.184 e. The Labute approximate surface area is 118 Å². The molecule has 0 spiro atoms. The zero-order chi connectivity index (χ0) is 14.6. The molecule has 0 N–H and O–H groups in total. The molecule has 0 saturated carbocycles. The molecule has 0 aromatic heterocycles. The van der Waals surface area contributed by atoms with Crippen LogP contribution >= 0.6 is 0 Å². The Bertz CT molecular complexity index is 446. The van der Waals surface area contributed by atoms with Gasteiger partial charge in [-0.15, -0.1) is 6.58 Å². The second-order valence-corrected chi connectivity index (χ2v) is 12.2. The van der Waals surface area contributed by atoms with Crippen LogP contribution in [-0.4, -0.2) is 13.9 Å². The van der Waals surface area contributed by atoms with Gasteiger partial charge in [0.05, 0.1) is 0 Å². The Hall–Kier alpha value is -1.15. The average molecular weight is 274 g/mol. The van der Waals surface area contributed by atoms with Crippen molar-refractivity contribution in [2.75, 3.05) is 0 Å². The van der Waals surface area contributed by atoms with E-state index < -0.39 is 8.07 Å². The van der Waals surface area contributed by atoms with E-state index in [0.29, 0.717) is 0 Å². The monoisotopic (exact) mass is 274 g/mol. The minimum atomic E-state index is -1.03. The molecular weight excluding hydrogens is 248 g/mol. The van der Waals surface area contributed by atoms with Crippen molar-refractivity contribution in [1.29, 1.82) is 0 Å². The van der Waals surface area contributed by atoms with Crippen LogP contribution in [0.25, 0.3) is 0 Å². The highest BCUT2D eigenvalue weighted by Crippen LogP contribution is 2.21. The maximum Gasteiger partial charge on any atom is 0.184 e. The van der Waals surface area contributed by atoms with Crippen LogP contribution in [0.4, 0.5) is 0 Å². The van der Waals surface area contributed by atoms with Crippen LogP contribution in [0.3, 0.4) is 0 Å². The van der Waals surface area contributed by atoms with Gasteiger partial charge in [-0.1, -0.05) is 31.3 Å². The van der Waals surface area contributed by atoms with Gasteiger partial charge in [-0.3, -0.25) is 4.79 Å². The number of hydrogen-bond donors (Lipinski definition) is 0. The van der Waals surface area contributed by atoms with E-state index in [9.17, 15) is 4.79 Å². The molecule has 19 heavy (non-hydrogen) atoms. The summed E-state index contributed by atoms with van der Waals surface area (Å²) in [6.45, 7) is 15.1. The first-order valence-corrected chi connectivity index (χ1v) is 10.7. The van der Waals surface area contributed by atoms with Crippen LogP contribution in [0, 0.1) is 0 Å². The Morgan fingerprint density at radius 3 is 2.21 bits per heavy atom. The molecule has 1 nitrogen and oxygen atoms in total. The molecule has 0 unspecified atom stereocenters. The van der Waals surface area contributed by atoms with Gasteiger partial charge in [0.1, 0.15) is 0 Å². The molecule has 0 fully saturated rings. The van der Waals surface area contributed by atoms with Crippen molar-refractivity contribution >= 4 is 13.9 Å². The van der Waals surface area contributed by atoms with Crippen LogP contribution in [0.1, 0.15) is 26.7 Å². The lowest BCUT2D eigenvalue weighted by Gasteiger charge is -2.17. The summed E-state index contributed by atoms with van der Waals surface area (Å²) in [5.41, 5.74) is 4.21. The Balaban J connectivity index is 2.55. The Kier molecular flexibility index (Phi) is 5.30. The van der Waals surface area contributed by atoms with E-state index in [2.05, 4.69) is 32.3 Å². The Morgan fingerprint density at radius 1 is 1.21 bits per heavy atom. The molecule has 0 aromatic carbocycles. The van der Waals surface area contributed by atoms with Crippen molar-refractivity contribution in [2.24, 2.45) is 0 Å². The quantitative estimate of drug-likeness (QED) is 0.506. The summed E-state index contributed by atoms with van der Waals surface area (Å²) in [6.07, 6.45) is 8.25. The fraction of sp³-hybridized carbons (Fsp3) is 0.471. The third kappa shape index (κ3) is 5.56. The molecule has 0 aliphatic heterocycles. The summed E-state index contributed by atoms with van der Waals surface area (Å²) < 4.78 is 0. The second-order valence-electron chi connectivity index (χ2n) is 6.71. The van der Waals surface area contributed by atoms with Gasteiger partial charge >= 0.3 is 0 Å². The van der Waals surface area contributed by atoms with Crippen molar-refractivity contribution < 1.29 is 4.79 Å². The first-order chi connectivity index (χ1) is 8.69. The lowest BCUT2D eigenvalue weighted by Crippen LogP contribution is -2.19. The molecule has 0 radical (unpaired) electrons. The van der Waals surface area contributed by atoms with E-state index in [4.69, 9.17) is 0 Å². The van der Waals surface area contributed by atoms with Crippen molar-refractivity contribution in [2.45, 2.75) is 52.4 Å². The van der Waals surface area contributed by atoms with Gasteiger partial charge in [0.25, 0.3) is 0 Å². The highest BCUT2D eigenvalue weighted by molar-refractivity contribution is 6.76. The van der Waals surface area contributed by atoms with Gasteiger partial charge < -0.3 is 0 Å². The molecule has 0 atom stereocenters. The van der Waals surface area contributed by atoms with E-state index >= 15 is 0 Å². The predicted molar refractivity (Wildman–Crippen MR) is 87.1 cm³/mol. The molecule has 1 aliphatic carbocycles. The third-order valence-corrected chi connectivity index (χ3v) is 4.70. The average Bonchev–Trinajstić information content (AvgIpc) is 2.23. The maximum atomic E-state index is 11.6. The van der Waals surface area contributed by atoms with Gasteiger partial charge in [0, 0.05) is 8.07 Å². The van der Waals surface area contributed by atoms with Crippen LogP contribution in [-0.2, 0) is 4.79 Å². The fourth-order valence-corrected chi connectivity index (χ4v) is 4.06. The number of carbonyl (C=O) groups excluding carboxylic acids is 1. The normalized spacial score (nSPS) is 16.1. The highest BCUT2D eigenvalue weighted by Gasteiger charge is 2.14. The summed E-state index contributed by atoms with van der Waals surface area (Å²) in [6, 6.07) is 1.21. The summed E-state index contributed by atoms with van der Waals surface area (Å²) in [5.74, 6) is 0.167. The summed E-state index contributed by atoms with van der Waals surface area (Å²) in [7, 11) is -1.03. The molecule has 1 aliphatic rings. The molecule has 0 saturated heterocycles. The van der Waals surface area contributed by atoms with Crippen molar-refractivity contribution in [1.82, 2.24) is 0 Å². The molecular formula is C17H26OSi. The standard InChI is InChI=1S/C17H26OSi/c1-13(12-19(4,5)6)8-7-9-16-10-14(2)17(18)15(3)11-16/h9-11H,1,7-8,12H2,2-6H3. The van der Waals surface area contributed by atoms with E-state index in [0.717, 1.165) is 29.6 Å². The highest BCUT2D eigenvalue weighted by atomic mass is 28.3. The predicted octanol–water partition coefficient (Wildman–Crippen LogP) is 5.06.